The number of hydrogen-bond acceptors (Lipinski definition) is 8. The summed E-state index contributed by atoms with van der Waals surface area (Å²) in [6.07, 6.45) is 0.966. The predicted molar refractivity (Wildman–Crippen MR) is 140 cm³/mol. The number of ether oxygens (including phenoxy) is 1. The molecule has 210 valence electrons. The van der Waals surface area contributed by atoms with Gasteiger partial charge in [-0.2, -0.15) is 13.2 Å². The molecule has 14 heteroatoms. The molecule has 39 heavy (non-hydrogen) atoms. The van der Waals surface area contributed by atoms with E-state index in [1.54, 1.807) is 0 Å². The van der Waals surface area contributed by atoms with Gasteiger partial charge in [-0.3, -0.25) is 15.0 Å². The Labute approximate surface area is 227 Å². The molecule has 4 heterocycles. The number of thiazole rings is 1. The minimum Gasteiger partial charge on any atom is -0.481 e. The average molecular weight is 567 g/mol. The van der Waals surface area contributed by atoms with Crippen LogP contribution in [0.15, 0.2) is 28.5 Å². The number of pyridine rings is 1. The quantitative estimate of drug-likeness (QED) is 0.380. The number of urea groups is 1. The number of carbonyl (C=O) groups is 2. The third kappa shape index (κ3) is 7.32. The summed E-state index contributed by atoms with van der Waals surface area (Å²) in [6, 6.07) is 0.902. The van der Waals surface area contributed by atoms with Gasteiger partial charge in [0.25, 0.3) is 0 Å². The number of likely N-dealkylation sites (tertiary alicyclic amines) is 1. The molecular formula is C25H29F3N6O4S. The van der Waals surface area contributed by atoms with Gasteiger partial charge in [-0.05, 0) is 44.8 Å². The highest BCUT2D eigenvalue weighted by Gasteiger charge is 2.35. The Hall–Kier alpha value is -3.52. The monoisotopic (exact) mass is 566 g/mol. The van der Waals surface area contributed by atoms with Crippen molar-refractivity contribution < 1.29 is 32.6 Å². The van der Waals surface area contributed by atoms with Gasteiger partial charge in [-0.1, -0.05) is 6.92 Å². The molecule has 2 amide bonds. The Morgan fingerprint density at radius 1 is 1.26 bits per heavy atom. The highest BCUT2D eigenvalue weighted by molar-refractivity contribution is 7.13. The van der Waals surface area contributed by atoms with E-state index in [0.717, 1.165) is 42.6 Å². The number of hydrogen-bond donors (Lipinski definition) is 3. The van der Waals surface area contributed by atoms with Crippen molar-refractivity contribution in [2.24, 2.45) is 10.9 Å². The van der Waals surface area contributed by atoms with Gasteiger partial charge in [0.1, 0.15) is 17.4 Å². The van der Waals surface area contributed by atoms with Gasteiger partial charge < -0.3 is 15.2 Å². The molecule has 0 spiro atoms. The largest absolute Gasteiger partial charge is 0.481 e. The van der Waals surface area contributed by atoms with Crippen LogP contribution in [0.3, 0.4) is 0 Å². The molecule has 2 aliphatic heterocycles. The maximum Gasteiger partial charge on any atom is 0.434 e. The van der Waals surface area contributed by atoms with Crippen LogP contribution in [0.4, 0.5) is 23.8 Å². The SMILES string of the molecule is CCCNC(=O)Nc1cc(-c2nc(C(F)(F)F)cs2)c(C2=C(OCCN3CCCC3)N=CC(C(=O)O)C2)cn1. The first-order valence-corrected chi connectivity index (χ1v) is 13.5. The van der Waals surface area contributed by atoms with Crippen molar-refractivity contribution in [3.63, 3.8) is 0 Å². The van der Waals surface area contributed by atoms with E-state index in [1.807, 2.05) is 6.92 Å². The molecule has 2 aliphatic rings. The lowest BCUT2D eigenvalue weighted by atomic mass is 9.91. The summed E-state index contributed by atoms with van der Waals surface area (Å²) < 4.78 is 46.1. The number of carbonyl (C=O) groups excluding carboxylic acids is 1. The van der Waals surface area contributed by atoms with Gasteiger partial charge in [-0.25, -0.2) is 19.8 Å². The molecular weight excluding hydrogens is 537 g/mol. The molecule has 10 nitrogen and oxygen atoms in total. The van der Waals surface area contributed by atoms with Crippen molar-refractivity contribution >= 4 is 40.9 Å². The highest BCUT2D eigenvalue weighted by atomic mass is 32.1. The molecule has 2 aromatic heterocycles. The Morgan fingerprint density at radius 3 is 2.69 bits per heavy atom. The fraction of sp³-hybridized carbons (Fsp3) is 0.480. The highest BCUT2D eigenvalue weighted by Crippen LogP contribution is 2.40. The number of halogens is 3. The number of nitrogens with one attached hydrogen (secondary N) is 2. The molecule has 0 radical (unpaired) electrons. The number of carboxylic acid groups (broad SMARTS) is 1. The lowest BCUT2D eigenvalue weighted by Gasteiger charge is -2.22. The van der Waals surface area contributed by atoms with Gasteiger partial charge in [0.2, 0.25) is 5.88 Å². The maximum atomic E-state index is 13.4. The third-order valence-electron chi connectivity index (χ3n) is 6.25. The van der Waals surface area contributed by atoms with E-state index >= 15 is 0 Å². The lowest BCUT2D eigenvalue weighted by Crippen LogP contribution is -2.29. The van der Waals surface area contributed by atoms with Crippen LogP contribution in [-0.4, -0.2) is 71.0 Å². The number of allylic oxidation sites excluding steroid dienone is 1. The zero-order chi connectivity index (χ0) is 28.0. The molecule has 0 saturated carbocycles. The lowest BCUT2D eigenvalue weighted by molar-refractivity contribution is -0.141. The predicted octanol–water partition coefficient (Wildman–Crippen LogP) is 4.71. The summed E-state index contributed by atoms with van der Waals surface area (Å²) in [5.74, 6) is -1.78. The second-order valence-electron chi connectivity index (χ2n) is 9.14. The van der Waals surface area contributed by atoms with Crippen molar-refractivity contribution in [3.05, 3.63) is 34.8 Å². The van der Waals surface area contributed by atoms with Gasteiger partial charge in [0.15, 0.2) is 5.69 Å². The average Bonchev–Trinajstić information content (AvgIpc) is 3.60. The molecule has 1 fully saturated rings. The summed E-state index contributed by atoms with van der Waals surface area (Å²) >= 11 is 0.780. The normalized spacial score (nSPS) is 17.9. The Bertz CT molecular complexity index is 1260. The zero-order valence-corrected chi connectivity index (χ0v) is 22.1. The number of alkyl halides is 3. The van der Waals surface area contributed by atoms with Gasteiger partial charge in [-0.15, -0.1) is 11.3 Å². The van der Waals surface area contributed by atoms with Crippen molar-refractivity contribution in [1.29, 1.82) is 0 Å². The van der Waals surface area contributed by atoms with Crippen LogP contribution in [-0.2, 0) is 15.7 Å². The molecule has 0 aromatic carbocycles. The van der Waals surface area contributed by atoms with Crippen molar-refractivity contribution in [2.75, 3.05) is 38.1 Å². The smallest absolute Gasteiger partial charge is 0.434 e. The third-order valence-corrected chi connectivity index (χ3v) is 7.12. The Balaban J connectivity index is 1.73. The van der Waals surface area contributed by atoms with Crippen molar-refractivity contribution in [1.82, 2.24) is 20.2 Å². The summed E-state index contributed by atoms with van der Waals surface area (Å²) in [5.41, 5.74) is -0.0915. The first-order valence-electron chi connectivity index (χ1n) is 12.6. The molecule has 1 saturated heterocycles. The number of nitrogens with zero attached hydrogens (tertiary/aromatic N) is 4. The number of rotatable bonds is 10. The standard InChI is InChI=1S/C25H29F3N6O4S/c1-2-5-29-24(37)33-20-11-17(22-32-19(14-39-22)25(26,27)28)18(13-30-20)16-10-15(23(35)36)12-31-21(16)38-9-8-34-6-3-4-7-34/h11-15H,2-10H2,1H3,(H,35,36)(H2,29,30,33,37). The van der Waals surface area contributed by atoms with E-state index in [4.69, 9.17) is 4.74 Å². The van der Waals surface area contributed by atoms with Crippen LogP contribution in [0.1, 0.15) is 43.9 Å². The molecule has 0 aliphatic carbocycles. The fourth-order valence-corrected chi connectivity index (χ4v) is 5.10. The molecule has 0 bridgehead atoms. The zero-order valence-electron chi connectivity index (χ0n) is 21.3. The number of carboxylic acids is 1. The van der Waals surface area contributed by atoms with Crippen LogP contribution < -0.4 is 10.6 Å². The van der Waals surface area contributed by atoms with Gasteiger partial charge >= 0.3 is 18.2 Å². The molecule has 1 unspecified atom stereocenters. The first kappa shape index (κ1) is 28.5. The topological polar surface area (TPSA) is 129 Å². The number of aliphatic carboxylic acids is 1. The maximum absolute atomic E-state index is 13.4. The van der Waals surface area contributed by atoms with E-state index in [-0.39, 0.29) is 28.7 Å². The van der Waals surface area contributed by atoms with E-state index in [9.17, 15) is 27.9 Å². The van der Waals surface area contributed by atoms with E-state index in [2.05, 4.69) is 30.5 Å². The van der Waals surface area contributed by atoms with Crippen LogP contribution >= 0.6 is 11.3 Å². The molecule has 1 atom stereocenters. The van der Waals surface area contributed by atoms with E-state index in [0.29, 0.717) is 37.3 Å². The van der Waals surface area contributed by atoms with Crippen LogP contribution in [0.5, 0.6) is 0 Å². The number of aromatic nitrogens is 2. The van der Waals surface area contributed by atoms with E-state index in [1.165, 1.54) is 18.5 Å². The summed E-state index contributed by atoms with van der Waals surface area (Å²) in [6.45, 7) is 5.24. The van der Waals surface area contributed by atoms with Crippen molar-refractivity contribution in [2.45, 2.75) is 38.8 Å². The first-order chi connectivity index (χ1) is 18.7. The summed E-state index contributed by atoms with van der Waals surface area (Å²) in [4.78, 5) is 38.6. The van der Waals surface area contributed by atoms with Crippen LogP contribution in [0, 0.1) is 5.92 Å². The van der Waals surface area contributed by atoms with Crippen LogP contribution in [0.25, 0.3) is 16.1 Å². The molecule has 3 N–H and O–H groups in total. The van der Waals surface area contributed by atoms with Gasteiger partial charge in [0, 0.05) is 47.6 Å². The van der Waals surface area contributed by atoms with Crippen molar-refractivity contribution in [3.8, 4) is 10.6 Å². The Morgan fingerprint density at radius 2 is 2.03 bits per heavy atom. The van der Waals surface area contributed by atoms with Crippen LogP contribution in [0.2, 0.25) is 0 Å². The summed E-state index contributed by atoms with van der Waals surface area (Å²) in [5, 5.41) is 15.8. The molecule has 2 aromatic rings. The fourth-order valence-electron chi connectivity index (χ4n) is 4.24. The van der Waals surface area contributed by atoms with E-state index < -0.39 is 29.8 Å². The number of anilines is 1. The summed E-state index contributed by atoms with van der Waals surface area (Å²) in [7, 11) is 0. The second-order valence-corrected chi connectivity index (χ2v) is 10.00. The second kappa shape index (κ2) is 12.6. The minimum absolute atomic E-state index is 0.00613. The van der Waals surface area contributed by atoms with Gasteiger partial charge in [0.05, 0.1) is 5.92 Å². The molecule has 4 rings (SSSR count). The minimum atomic E-state index is -4.64. The number of amides is 2. The number of aliphatic imine (C=N–C) groups is 1. The Kier molecular flexibility index (Phi) is 9.17.